The van der Waals surface area contributed by atoms with Crippen LogP contribution in [0.2, 0.25) is 0 Å². The topological polar surface area (TPSA) is 48.0 Å². The number of ether oxygens (including phenoxy) is 3. The maximum absolute atomic E-state index is 11.4. The number of anilines is 1. The first-order valence-electron chi connectivity index (χ1n) is 5.71. The minimum absolute atomic E-state index is 0.177. The summed E-state index contributed by atoms with van der Waals surface area (Å²) in [5.74, 6) is 1.10. The van der Waals surface area contributed by atoms with E-state index in [1.165, 1.54) is 0 Å². The molecule has 0 aromatic heterocycles. The molecular weight excluding hydrogens is 234 g/mol. The van der Waals surface area contributed by atoms with E-state index >= 15 is 0 Å². The molecule has 5 nitrogen and oxygen atoms in total. The highest BCUT2D eigenvalue weighted by Gasteiger charge is 2.13. The van der Waals surface area contributed by atoms with Gasteiger partial charge in [0.05, 0.1) is 26.5 Å². The molecule has 1 rings (SSSR count). The van der Waals surface area contributed by atoms with Gasteiger partial charge in [-0.25, -0.2) is 0 Å². The summed E-state index contributed by atoms with van der Waals surface area (Å²) in [5.41, 5.74) is 0.811. The Balaban J connectivity index is 2.84. The van der Waals surface area contributed by atoms with E-state index in [2.05, 4.69) is 0 Å². The maximum Gasteiger partial charge on any atom is 0.325 e. The minimum atomic E-state index is -0.266. The molecule has 0 fully saturated rings. The molecule has 18 heavy (non-hydrogen) atoms. The number of carbonyl (C=O) groups is 1. The summed E-state index contributed by atoms with van der Waals surface area (Å²) in [7, 11) is 4.98. The zero-order valence-electron chi connectivity index (χ0n) is 11.2. The smallest absolute Gasteiger partial charge is 0.325 e. The molecule has 0 saturated heterocycles. The fourth-order valence-electron chi connectivity index (χ4n) is 1.59. The number of likely N-dealkylation sites (N-methyl/N-ethyl adjacent to an activating group) is 1. The van der Waals surface area contributed by atoms with Gasteiger partial charge in [0.15, 0.2) is 0 Å². The van der Waals surface area contributed by atoms with E-state index in [1.54, 1.807) is 39.2 Å². The molecule has 0 spiro atoms. The van der Waals surface area contributed by atoms with Gasteiger partial charge in [-0.3, -0.25) is 4.79 Å². The Hall–Kier alpha value is -1.91. The van der Waals surface area contributed by atoms with Gasteiger partial charge in [0.1, 0.15) is 18.0 Å². The molecule has 0 bridgehead atoms. The molecule has 5 heteroatoms. The summed E-state index contributed by atoms with van der Waals surface area (Å²) >= 11 is 0. The van der Waals surface area contributed by atoms with E-state index in [0.717, 1.165) is 5.69 Å². The molecule has 100 valence electrons. The molecule has 0 aliphatic carbocycles. The third-order valence-electron chi connectivity index (χ3n) is 2.47. The number of methoxy groups -OCH3 is 2. The molecule has 1 aromatic rings. The zero-order valence-corrected chi connectivity index (χ0v) is 11.2. The van der Waals surface area contributed by atoms with Gasteiger partial charge in [0.25, 0.3) is 0 Å². The van der Waals surface area contributed by atoms with E-state index in [1.807, 2.05) is 12.1 Å². The van der Waals surface area contributed by atoms with Gasteiger partial charge in [-0.05, 0) is 19.1 Å². The summed E-state index contributed by atoms with van der Waals surface area (Å²) in [6.45, 7) is 2.34. The van der Waals surface area contributed by atoms with Crippen LogP contribution in [0, 0.1) is 0 Å². The molecule has 0 radical (unpaired) electrons. The molecule has 0 aliphatic heterocycles. The fourth-order valence-corrected chi connectivity index (χ4v) is 1.59. The Kier molecular flexibility index (Phi) is 5.30. The number of hydrogen-bond donors (Lipinski definition) is 0. The van der Waals surface area contributed by atoms with Gasteiger partial charge in [0, 0.05) is 13.1 Å². The van der Waals surface area contributed by atoms with Crippen molar-refractivity contribution in [3.05, 3.63) is 18.2 Å². The van der Waals surface area contributed by atoms with Crippen molar-refractivity contribution in [2.24, 2.45) is 0 Å². The lowest BCUT2D eigenvalue weighted by Crippen LogP contribution is -2.27. The molecule has 0 aliphatic rings. The van der Waals surface area contributed by atoms with E-state index in [4.69, 9.17) is 14.2 Å². The van der Waals surface area contributed by atoms with Crippen molar-refractivity contribution >= 4 is 11.7 Å². The van der Waals surface area contributed by atoms with E-state index in [0.29, 0.717) is 18.1 Å². The molecule has 0 atom stereocenters. The van der Waals surface area contributed by atoms with Crippen LogP contribution in [0.3, 0.4) is 0 Å². The average Bonchev–Trinajstić information content (AvgIpc) is 2.38. The van der Waals surface area contributed by atoms with Crippen LogP contribution in [0.4, 0.5) is 5.69 Å². The highest BCUT2D eigenvalue weighted by atomic mass is 16.5. The number of carbonyl (C=O) groups excluding carboxylic acids is 1. The van der Waals surface area contributed by atoms with Gasteiger partial charge in [-0.1, -0.05) is 0 Å². The number of nitrogens with zero attached hydrogens (tertiary/aromatic N) is 1. The first-order chi connectivity index (χ1) is 8.62. The van der Waals surface area contributed by atoms with Crippen LogP contribution in [0.1, 0.15) is 6.92 Å². The van der Waals surface area contributed by atoms with Crippen molar-refractivity contribution in [3.63, 3.8) is 0 Å². The number of rotatable bonds is 6. The highest BCUT2D eigenvalue weighted by molar-refractivity contribution is 5.77. The molecule has 0 saturated carbocycles. The van der Waals surface area contributed by atoms with Gasteiger partial charge < -0.3 is 19.1 Å². The summed E-state index contributed by atoms with van der Waals surface area (Å²) in [6.07, 6.45) is 0. The normalized spacial score (nSPS) is 9.78. The summed E-state index contributed by atoms with van der Waals surface area (Å²) in [4.78, 5) is 13.2. The van der Waals surface area contributed by atoms with Crippen LogP contribution >= 0.6 is 0 Å². The Morgan fingerprint density at radius 3 is 2.56 bits per heavy atom. The fraction of sp³-hybridized carbons (Fsp3) is 0.462. The minimum Gasteiger partial charge on any atom is -0.497 e. The summed E-state index contributed by atoms with van der Waals surface area (Å²) in [6, 6.07) is 5.44. The number of esters is 1. The van der Waals surface area contributed by atoms with E-state index in [-0.39, 0.29) is 12.5 Å². The monoisotopic (exact) mass is 253 g/mol. The average molecular weight is 253 g/mol. The van der Waals surface area contributed by atoms with Crippen LogP contribution in [0.25, 0.3) is 0 Å². The summed E-state index contributed by atoms with van der Waals surface area (Å²) in [5, 5.41) is 0. The van der Waals surface area contributed by atoms with Crippen LogP contribution in [-0.2, 0) is 9.53 Å². The van der Waals surface area contributed by atoms with Crippen molar-refractivity contribution in [1.29, 1.82) is 0 Å². The van der Waals surface area contributed by atoms with Gasteiger partial charge >= 0.3 is 5.97 Å². The second-order valence-corrected chi connectivity index (χ2v) is 3.70. The SMILES string of the molecule is CCOC(=O)CN(C)c1ccc(OC)cc1OC. The Labute approximate surface area is 107 Å². The first kappa shape index (κ1) is 14.2. The third kappa shape index (κ3) is 3.55. The number of hydrogen-bond acceptors (Lipinski definition) is 5. The second-order valence-electron chi connectivity index (χ2n) is 3.70. The zero-order chi connectivity index (χ0) is 13.5. The van der Waals surface area contributed by atoms with Crippen molar-refractivity contribution in [2.45, 2.75) is 6.92 Å². The van der Waals surface area contributed by atoms with Gasteiger partial charge in [-0.15, -0.1) is 0 Å². The second kappa shape index (κ2) is 6.74. The van der Waals surface area contributed by atoms with Crippen LogP contribution in [0.5, 0.6) is 11.5 Å². The highest BCUT2D eigenvalue weighted by Crippen LogP contribution is 2.31. The Bertz CT molecular complexity index is 406. The van der Waals surface area contributed by atoms with Crippen molar-refractivity contribution in [3.8, 4) is 11.5 Å². The molecule has 0 unspecified atom stereocenters. The largest absolute Gasteiger partial charge is 0.497 e. The molecular formula is C13H19NO4. The first-order valence-corrected chi connectivity index (χ1v) is 5.71. The van der Waals surface area contributed by atoms with Crippen molar-refractivity contribution < 1.29 is 19.0 Å². The molecule has 1 aromatic carbocycles. The third-order valence-corrected chi connectivity index (χ3v) is 2.47. The maximum atomic E-state index is 11.4. The van der Waals surface area contributed by atoms with Crippen LogP contribution < -0.4 is 14.4 Å². The number of benzene rings is 1. The predicted molar refractivity (Wildman–Crippen MR) is 69.4 cm³/mol. The lowest BCUT2D eigenvalue weighted by Gasteiger charge is -2.21. The molecule has 0 N–H and O–H groups in total. The van der Waals surface area contributed by atoms with Crippen molar-refractivity contribution in [2.75, 3.05) is 39.3 Å². The van der Waals surface area contributed by atoms with Gasteiger partial charge in [0.2, 0.25) is 0 Å². The van der Waals surface area contributed by atoms with Crippen molar-refractivity contribution in [1.82, 2.24) is 0 Å². The van der Waals surface area contributed by atoms with Crippen LogP contribution in [0.15, 0.2) is 18.2 Å². The quantitative estimate of drug-likeness (QED) is 0.722. The molecule has 0 amide bonds. The van der Waals surface area contributed by atoms with Gasteiger partial charge in [-0.2, -0.15) is 0 Å². The Morgan fingerprint density at radius 2 is 2.00 bits per heavy atom. The van der Waals surface area contributed by atoms with E-state index in [9.17, 15) is 4.79 Å². The summed E-state index contributed by atoms with van der Waals surface area (Å²) < 4.78 is 15.3. The predicted octanol–water partition coefficient (Wildman–Crippen LogP) is 1.70. The van der Waals surface area contributed by atoms with Crippen LogP contribution in [-0.4, -0.2) is 40.4 Å². The standard InChI is InChI=1S/C13H19NO4/c1-5-18-13(15)9-14(2)11-7-6-10(16-3)8-12(11)17-4/h6-8H,5,9H2,1-4H3. The molecule has 0 heterocycles. The van der Waals surface area contributed by atoms with E-state index < -0.39 is 0 Å². The lowest BCUT2D eigenvalue weighted by atomic mass is 10.2. The Morgan fingerprint density at radius 1 is 1.28 bits per heavy atom. The lowest BCUT2D eigenvalue weighted by molar-refractivity contribution is -0.141.